The lowest BCUT2D eigenvalue weighted by Gasteiger charge is -2.02. The van der Waals surface area contributed by atoms with Gasteiger partial charge < -0.3 is 0 Å². The van der Waals surface area contributed by atoms with Gasteiger partial charge in [-0.25, -0.2) is 0 Å². The van der Waals surface area contributed by atoms with E-state index in [0.717, 1.165) is 6.42 Å². The Balaban J connectivity index is 2.44. The number of rotatable bonds is 6. The Bertz CT molecular complexity index is 312. The summed E-state index contributed by atoms with van der Waals surface area (Å²) in [6.45, 7) is 5.80. The van der Waals surface area contributed by atoms with E-state index in [1.165, 1.54) is 36.8 Å². The Morgan fingerprint density at radius 1 is 1.13 bits per heavy atom. The zero-order chi connectivity index (χ0) is 10.9. The highest BCUT2D eigenvalue weighted by molar-refractivity contribution is 5.24. The molecule has 0 radical (unpaired) electrons. The van der Waals surface area contributed by atoms with Crippen molar-refractivity contribution in [2.45, 2.75) is 39.0 Å². The van der Waals surface area contributed by atoms with Crippen molar-refractivity contribution < 1.29 is 0 Å². The predicted molar refractivity (Wildman–Crippen MR) is 67.1 cm³/mol. The molecule has 0 saturated heterocycles. The van der Waals surface area contributed by atoms with Crippen LogP contribution in [-0.4, -0.2) is 0 Å². The molecule has 0 fully saturated rings. The van der Waals surface area contributed by atoms with Gasteiger partial charge in [0.05, 0.1) is 0 Å². The van der Waals surface area contributed by atoms with E-state index in [-0.39, 0.29) is 0 Å². The zero-order valence-electron chi connectivity index (χ0n) is 9.63. The second-order valence-corrected chi connectivity index (χ2v) is 3.89. The van der Waals surface area contributed by atoms with Gasteiger partial charge in [-0.3, -0.25) is 0 Å². The molecular weight excluding hydrogens is 180 g/mol. The van der Waals surface area contributed by atoms with Gasteiger partial charge in [0.15, 0.2) is 0 Å². The van der Waals surface area contributed by atoms with Crippen LogP contribution in [0.25, 0.3) is 0 Å². The van der Waals surface area contributed by atoms with E-state index in [9.17, 15) is 0 Å². The smallest absolute Gasteiger partial charge is 0.00215 e. The summed E-state index contributed by atoms with van der Waals surface area (Å²) < 4.78 is 0. The number of hydrogen-bond acceptors (Lipinski definition) is 0. The normalized spacial score (nSPS) is 9.67. The topological polar surface area (TPSA) is 0 Å². The first kappa shape index (κ1) is 11.8. The second kappa shape index (κ2) is 7.09. The molecule has 0 heterocycles. The van der Waals surface area contributed by atoms with Crippen LogP contribution in [0.1, 0.15) is 37.3 Å². The number of aryl methyl sites for hydroxylation is 1. The summed E-state index contributed by atoms with van der Waals surface area (Å²) in [5.74, 6) is 0. The van der Waals surface area contributed by atoms with Crippen molar-refractivity contribution in [2.24, 2.45) is 0 Å². The van der Waals surface area contributed by atoms with Crippen molar-refractivity contribution in [3.8, 4) is 0 Å². The van der Waals surface area contributed by atoms with E-state index in [4.69, 9.17) is 0 Å². The molecule has 80 valence electrons. The summed E-state index contributed by atoms with van der Waals surface area (Å²) in [4.78, 5) is 0. The molecule has 1 aromatic rings. The van der Waals surface area contributed by atoms with Crippen LogP contribution >= 0.6 is 0 Å². The molecular formula is C15H20. The third kappa shape index (κ3) is 4.67. The van der Waals surface area contributed by atoms with E-state index >= 15 is 0 Å². The first-order valence-corrected chi connectivity index (χ1v) is 5.79. The third-order valence-corrected chi connectivity index (χ3v) is 2.57. The molecule has 0 spiro atoms. The van der Waals surface area contributed by atoms with E-state index < -0.39 is 0 Å². The quantitative estimate of drug-likeness (QED) is 0.474. The Hall–Kier alpha value is -1.26. The van der Waals surface area contributed by atoms with Crippen LogP contribution in [0.5, 0.6) is 0 Å². The van der Waals surface area contributed by atoms with Gasteiger partial charge in [-0.05, 0) is 36.5 Å². The molecule has 0 aliphatic heterocycles. The van der Waals surface area contributed by atoms with Crippen LogP contribution in [0, 0.1) is 0 Å². The minimum absolute atomic E-state index is 0.943. The number of hydrogen-bond donors (Lipinski definition) is 0. The lowest BCUT2D eigenvalue weighted by atomic mass is 10.0. The van der Waals surface area contributed by atoms with E-state index in [2.05, 4.69) is 43.5 Å². The van der Waals surface area contributed by atoms with Crippen LogP contribution in [0.15, 0.2) is 42.7 Å². The highest BCUT2D eigenvalue weighted by Crippen LogP contribution is 2.09. The van der Waals surface area contributed by atoms with Crippen molar-refractivity contribution in [1.29, 1.82) is 0 Å². The van der Waals surface area contributed by atoms with E-state index in [1.54, 1.807) is 0 Å². The van der Waals surface area contributed by atoms with Crippen LogP contribution in [0.3, 0.4) is 0 Å². The Kier molecular flexibility index (Phi) is 5.58. The largest absolute Gasteiger partial charge is 0.133 e. The molecule has 0 aliphatic carbocycles. The zero-order valence-corrected chi connectivity index (χ0v) is 9.63. The molecule has 15 heavy (non-hydrogen) atoms. The van der Waals surface area contributed by atoms with Gasteiger partial charge in [0.2, 0.25) is 0 Å². The highest BCUT2D eigenvalue weighted by Gasteiger charge is 1.93. The van der Waals surface area contributed by atoms with Crippen molar-refractivity contribution in [3.63, 3.8) is 0 Å². The van der Waals surface area contributed by atoms with Gasteiger partial charge in [0, 0.05) is 0 Å². The van der Waals surface area contributed by atoms with Crippen molar-refractivity contribution in [3.05, 3.63) is 53.8 Å². The maximum Gasteiger partial charge on any atom is -0.00215 e. The van der Waals surface area contributed by atoms with Crippen LogP contribution in [-0.2, 0) is 12.8 Å². The molecule has 0 atom stereocenters. The SMILES string of the molecule is C=C=CCc1ccc(CCCCC)cc1. The first-order valence-electron chi connectivity index (χ1n) is 5.79. The standard InChI is InChI=1S/C15H20/c1-3-5-7-9-15-12-10-14(11-13-15)8-6-4-2/h6,10-13H,2-3,5,7-9H2,1H3. The van der Waals surface area contributed by atoms with Gasteiger partial charge in [0.25, 0.3) is 0 Å². The average Bonchev–Trinajstić information content (AvgIpc) is 2.28. The summed E-state index contributed by atoms with van der Waals surface area (Å²) in [7, 11) is 0. The lowest BCUT2D eigenvalue weighted by Crippen LogP contribution is -1.87. The molecule has 0 N–H and O–H groups in total. The molecule has 0 amide bonds. The van der Waals surface area contributed by atoms with Gasteiger partial charge in [-0.15, -0.1) is 5.73 Å². The molecule has 1 rings (SSSR count). The molecule has 0 saturated carbocycles. The van der Waals surface area contributed by atoms with Gasteiger partial charge in [-0.1, -0.05) is 50.6 Å². The average molecular weight is 200 g/mol. The Labute approximate surface area is 93.3 Å². The van der Waals surface area contributed by atoms with Gasteiger partial charge >= 0.3 is 0 Å². The molecule has 0 heteroatoms. The number of benzene rings is 1. The lowest BCUT2D eigenvalue weighted by molar-refractivity contribution is 0.717. The van der Waals surface area contributed by atoms with Crippen molar-refractivity contribution >= 4 is 0 Å². The summed E-state index contributed by atoms with van der Waals surface area (Å²) in [5.41, 5.74) is 5.59. The summed E-state index contributed by atoms with van der Waals surface area (Å²) in [6.07, 6.45) is 8.06. The monoisotopic (exact) mass is 200 g/mol. The Morgan fingerprint density at radius 3 is 2.40 bits per heavy atom. The van der Waals surface area contributed by atoms with Gasteiger partial charge in [0.1, 0.15) is 0 Å². The predicted octanol–water partition coefficient (Wildman–Crippen LogP) is 4.30. The second-order valence-electron chi connectivity index (χ2n) is 3.89. The fourth-order valence-electron chi connectivity index (χ4n) is 1.61. The van der Waals surface area contributed by atoms with Gasteiger partial charge in [-0.2, -0.15) is 0 Å². The van der Waals surface area contributed by atoms with E-state index in [1.807, 2.05) is 6.08 Å². The van der Waals surface area contributed by atoms with Crippen LogP contribution in [0.4, 0.5) is 0 Å². The van der Waals surface area contributed by atoms with E-state index in [0.29, 0.717) is 0 Å². The van der Waals surface area contributed by atoms with Crippen molar-refractivity contribution in [1.82, 2.24) is 0 Å². The fourth-order valence-corrected chi connectivity index (χ4v) is 1.61. The minimum atomic E-state index is 0.943. The minimum Gasteiger partial charge on any atom is -0.133 e. The maximum absolute atomic E-state index is 3.56. The fraction of sp³-hybridized carbons (Fsp3) is 0.400. The number of allylic oxidation sites excluding steroid dienone is 1. The molecule has 1 aromatic carbocycles. The first-order chi connectivity index (χ1) is 7.36. The van der Waals surface area contributed by atoms with Crippen molar-refractivity contribution in [2.75, 3.05) is 0 Å². The molecule has 0 bridgehead atoms. The molecule has 0 nitrogen and oxygen atoms in total. The Morgan fingerprint density at radius 2 is 1.80 bits per heavy atom. The molecule has 0 unspecified atom stereocenters. The maximum atomic E-state index is 3.56. The summed E-state index contributed by atoms with van der Waals surface area (Å²) in [6, 6.07) is 8.88. The van der Waals surface area contributed by atoms with Crippen LogP contribution in [0.2, 0.25) is 0 Å². The highest BCUT2D eigenvalue weighted by atomic mass is 14.0. The number of unbranched alkanes of at least 4 members (excludes halogenated alkanes) is 2. The third-order valence-electron chi connectivity index (χ3n) is 2.57. The molecule has 0 aromatic heterocycles. The molecule has 0 aliphatic rings. The summed E-state index contributed by atoms with van der Waals surface area (Å²) >= 11 is 0. The van der Waals surface area contributed by atoms with Crippen LogP contribution < -0.4 is 0 Å². The summed E-state index contributed by atoms with van der Waals surface area (Å²) in [5, 5.41) is 0.